The zero-order valence-corrected chi connectivity index (χ0v) is 22.7. The Morgan fingerprint density at radius 1 is 0.974 bits per heavy atom. The first-order valence-electron chi connectivity index (χ1n) is 12.7. The normalized spacial score (nSPS) is 10.9. The molecule has 0 saturated carbocycles. The number of carboxylic acids is 1. The number of rotatable bonds is 15. The molecule has 38 heavy (non-hydrogen) atoms. The summed E-state index contributed by atoms with van der Waals surface area (Å²) in [4.78, 5) is 25.1. The van der Waals surface area contributed by atoms with Crippen molar-refractivity contribution in [2.45, 2.75) is 48.8 Å². The lowest BCUT2D eigenvalue weighted by molar-refractivity contribution is -0.136. The molecule has 0 radical (unpaired) electrons. The van der Waals surface area contributed by atoms with Crippen molar-refractivity contribution in [1.82, 2.24) is 0 Å². The number of aryl methyl sites for hydroxylation is 1. The summed E-state index contributed by atoms with van der Waals surface area (Å²) in [6.07, 6.45) is 7.49. The second-order valence-electron chi connectivity index (χ2n) is 8.53. The molecule has 0 unspecified atom stereocenters. The highest BCUT2D eigenvalue weighted by Crippen LogP contribution is 2.33. The van der Waals surface area contributed by atoms with Crippen LogP contribution in [0.4, 0.5) is 0 Å². The first-order valence-corrected chi connectivity index (χ1v) is 13.5. The SMILES string of the molecule is CCOC(=O)c1cccc(Sc2ccc(OCCCC/C=C/c3ccc(OC)cc3)c(CCC(=O)O)c2)c1. The van der Waals surface area contributed by atoms with Crippen molar-refractivity contribution in [3.63, 3.8) is 0 Å². The summed E-state index contributed by atoms with van der Waals surface area (Å²) in [6.45, 7) is 2.66. The van der Waals surface area contributed by atoms with E-state index in [1.54, 1.807) is 26.2 Å². The maximum absolute atomic E-state index is 12.1. The van der Waals surface area contributed by atoms with Gasteiger partial charge < -0.3 is 19.3 Å². The number of carbonyl (C=O) groups excluding carboxylic acids is 1. The summed E-state index contributed by atoms with van der Waals surface area (Å²) in [6, 6.07) is 21.0. The van der Waals surface area contributed by atoms with E-state index in [9.17, 15) is 14.7 Å². The van der Waals surface area contributed by atoms with E-state index in [0.29, 0.717) is 30.9 Å². The molecule has 1 N–H and O–H groups in total. The van der Waals surface area contributed by atoms with Gasteiger partial charge in [0.15, 0.2) is 0 Å². The molecule has 0 aliphatic heterocycles. The molecule has 200 valence electrons. The van der Waals surface area contributed by atoms with Crippen LogP contribution in [0, 0.1) is 0 Å². The number of carbonyl (C=O) groups is 2. The van der Waals surface area contributed by atoms with Crippen LogP contribution < -0.4 is 9.47 Å². The summed E-state index contributed by atoms with van der Waals surface area (Å²) in [7, 11) is 1.66. The maximum atomic E-state index is 12.1. The van der Waals surface area contributed by atoms with Crippen LogP contribution in [0.3, 0.4) is 0 Å². The first kappa shape index (κ1) is 28.9. The molecule has 3 aromatic carbocycles. The predicted molar refractivity (Wildman–Crippen MR) is 150 cm³/mol. The second-order valence-corrected chi connectivity index (χ2v) is 9.68. The van der Waals surface area contributed by atoms with Crippen LogP contribution in [0.1, 0.15) is 54.1 Å². The van der Waals surface area contributed by atoms with Crippen molar-refractivity contribution >= 4 is 29.8 Å². The number of ether oxygens (including phenoxy) is 3. The zero-order chi connectivity index (χ0) is 27.2. The molecule has 0 atom stereocenters. The summed E-state index contributed by atoms with van der Waals surface area (Å²) in [5, 5.41) is 9.20. The van der Waals surface area contributed by atoms with E-state index in [1.807, 2.05) is 54.6 Å². The Morgan fingerprint density at radius 3 is 2.50 bits per heavy atom. The van der Waals surface area contributed by atoms with Gasteiger partial charge in [0.1, 0.15) is 11.5 Å². The van der Waals surface area contributed by atoms with Gasteiger partial charge in [-0.15, -0.1) is 0 Å². The third-order valence-corrected chi connectivity index (χ3v) is 6.65. The average Bonchev–Trinajstić information content (AvgIpc) is 2.92. The van der Waals surface area contributed by atoms with Crippen LogP contribution in [-0.4, -0.2) is 37.4 Å². The molecule has 0 spiro atoms. The van der Waals surface area contributed by atoms with Gasteiger partial charge in [-0.25, -0.2) is 4.79 Å². The van der Waals surface area contributed by atoms with Crippen LogP contribution in [-0.2, 0) is 16.0 Å². The lowest BCUT2D eigenvalue weighted by Gasteiger charge is -2.13. The fourth-order valence-electron chi connectivity index (χ4n) is 3.71. The molecule has 0 saturated heterocycles. The Bertz CT molecular complexity index is 1220. The van der Waals surface area contributed by atoms with E-state index in [-0.39, 0.29) is 12.4 Å². The van der Waals surface area contributed by atoms with Crippen molar-refractivity contribution in [1.29, 1.82) is 0 Å². The first-order chi connectivity index (χ1) is 18.5. The molecule has 0 aliphatic carbocycles. The third kappa shape index (κ3) is 9.63. The van der Waals surface area contributed by atoms with Gasteiger partial charge in [0.25, 0.3) is 0 Å². The number of esters is 1. The highest BCUT2D eigenvalue weighted by atomic mass is 32.2. The molecule has 0 aliphatic rings. The average molecular weight is 535 g/mol. The van der Waals surface area contributed by atoms with Gasteiger partial charge in [-0.05, 0) is 92.3 Å². The molecular weight excluding hydrogens is 500 g/mol. The predicted octanol–water partition coefficient (Wildman–Crippen LogP) is 7.30. The summed E-state index contributed by atoms with van der Waals surface area (Å²) in [5.41, 5.74) is 2.50. The molecule has 3 aromatic rings. The number of benzene rings is 3. The van der Waals surface area contributed by atoms with E-state index < -0.39 is 5.97 Å². The number of aliphatic carboxylic acids is 1. The number of unbranched alkanes of at least 4 members (excludes halogenated alkanes) is 2. The van der Waals surface area contributed by atoms with Crippen molar-refractivity contribution < 1.29 is 28.9 Å². The largest absolute Gasteiger partial charge is 0.497 e. The van der Waals surface area contributed by atoms with Gasteiger partial charge in [-0.2, -0.15) is 0 Å². The minimum Gasteiger partial charge on any atom is -0.497 e. The van der Waals surface area contributed by atoms with Gasteiger partial charge in [-0.1, -0.05) is 42.1 Å². The summed E-state index contributed by atoms with van der Waals surface area (Å²) >= 11 is 1.51. The Balaban J connectivity index is 1.55. The molecule has 6 nitrogen and oxygen atoms in total. The number of hydrogen-bond acceptors (Lipinski definition) is 6. The Morgan fingerprint density at radius 2 is 1.76 bits per heavy atom. The van der Waals surface area contributed by atoms with Crippen LogP contribution in [0.25, 0.3) is 6.08 Å². The number of carboxylic acid groups (broad SMARTS) is 1. The van der Waals surface area contributed by atoms with Gasteiger partial charge >= 0.3 is 11.9 Å². The Kier molecular flexibility index (Phi) is 11.8. The standard InChI is InChI=1S/C31H34O6S/c1-3-36-31(34)25-10-8-11-27(22-25)38-28-17-18-29(24(21-28)14-19-30(32)33)37-20-7-5-4-6-9-23-12-15-26(35-2)16-13-23/h6,8-13,15-18,21-22H,3-5,7,14,19-20H2,1-2H3,(H,32,33)/b9-6+. The second kappa shape index (κ2) is 15.5. The van der Waals surface area contributed by atoms with E-state index in [2.05, 4.69) is 12.2 Å². The van der Waals surface area contributed by atoms with Crippen LogP contribution in [0.5, 0.6) is 11.5 Å². The lowest BCUT2D eigenvalue weighted by atomic mass is 10.1. The van der Waals surface area contributed by atoms with Gasteiger partial charge in [0, 0.05) is 16.2 Å². The monoisotopic (exact) mass is 534 g/mol. The molecule has 0 aromatic heterocycles. The zero-order valence-electron chi connectivity index (χ0n) is 21.9. The lowest BCUT2D eigenvalue weighted by Crippen LogP contribution is -2.04. The van der Waals surface area contributed by atoms with Crippen molar-refractivity contribution in [2.75, 3.05) is 20.3 Å². The molecule has 0 amide bonds. The number of methoxy groups -OCH3 is 1. The molecular formula is C31H34O6S. The van der Waals surface area contributed by atoms with E-state index in [1.165, 1.54) is 11.8 Å². The van der Waals surface area contributed by atoms with Crippen molar-refractivity contribution in [2.24, 2.45) is 0 Å². The molecule has 0 heterocycles. The maximum Gasteiger partial charge on any atom is 0.338 e. The molecule has 0 fully saturated rings. The van der Waals surface area contributed by atoms with Crippen LogP contribution >= 0.6 is 11.8 Å². The summed E-state index contributed by atoms with van der Waals surface area (Å²) in [5.74, 6) is 0.360. The Labute approximate surface area is 228 Å². The molecule has 3 rings (SSSR count). The van der Waals surface area contributed by atoms with E-state index in [0.717, 1.165) is 45.9 Å². The highest BCUT2D eigenvalue weighted by molar-refractivity contribution is 7.99. The molecule has 0 bridgehead atoms. The molecule has 7 heteroatoms. The van der Waals surface area contributed by atoms with Crippen LogP contribution in [0.2, 0.25) is 0 Å². The fourth-order valence-corrected chi connectivity index (χ4v) is 4.66. The van der Waals surface area contributed by atoms with E-state index >= 15 is 0 Å². The number of hydrogen-bond donors (Lipinski definition) is 1. The quantitative estimate of drug-likeness (QED) is 0.162. The summed E-state index contributed by atoms with van der Waals surface area (Å²) < 4.78 is 16.3. The Hall–Kier alpha value is -3.71. The topological polar surface area (TPSA) is 82.1 Å². The van der Waals surface area contributed by atoms with E-state index in [4.69, 9.17) is 14.2 Å². The van der Waals surface area contributed by atoms with Gasteiger partial charge in [0.05, 0.1) is 25.9 Å². The van der Waals surface area contributed by atoms with Crippen molar-refractivity contribution in [3.05, 3.63) is 89.5 Å². The smallest absolute Gasteiger partial charge is 0.338 e. The van der Waals surface area contributed by atoms with Gasteiger partial charge in [0.2, 0.25) is 0 Å². The highest BCUT2D eigenvalue weighted by Gasteiger charge is 2.11. The van der Waals surface area contributed by atoms with Gasteiger partial charge in [-0.3, -0.25) is 4.79 Å². The van der Waals surface area contributed by atoms with Crippen LogP contribution in [0.15, 0.2) is 82.6 Å². The minimum absolute atomic E-state index is 0.0268. The third-order valence-electron chi connectivity index (χ3n) is 5.67. The minimum atomic E-state index is -0.847. The fraction of sp³-hybridized carbons (Fsp3) is 0.290. The number of allylic oxidation sites excluding steroid dienone is 1. The van der Waals surface area contributed by atoms with Crippen molar-refractivity contribution in [3.8, 4) is 11.5 Å².